The number of cyclic esters (lactones) is 1. The molecule has 2 rings (SSSR count). The van der Waals surface area contributed by atoms with Crippen LogP contribution in [0.2, 0.25) is 5.02 Å². The molecule has 0 radical (unpaired) electrons. The number of halogens is 1. The molecule has 0 spiro atoms. The molecule has 5 nitrogen and oxygen atoms in total. The van der Waals surface area contributed by atoms with Crippen LogP contribution < -0.4 is 4.90 Å². The van der Waals surface area contributed by atoms with E-state index in [1.807, 2.05) is 0 Å². The molecule has 0 aromatic heterocycles. The van der Waals surface area contributed by atoms with Gasteiger partial charge in [-0.05, 0) is 24.6 Å². The van der Waals surface area contributed by atoms with E-state index in [1.165, 1.54) is 4.90 Å². The van der Waals surface area contributed by atoms with Crippen LogP contribution >= 0.6 is 11.6 Å². The summed E-state index contributed by atoms with van der Waals surface area (Å²) in [6, 6.07) is 5.14. The first-order valence-corrected chi connectivity index (χ1v) is 5.80. The number of hydrogen-bond acceptors (Lipinski definition) is 3. The molecule has 0 bridgehead atoms. The quantitative estimate of drug-likeness (QED) is 0.895. The van der Waals surface area contributed by atoms with Crippen LogP contribution in [-0.4, -0.2) is 30.3 Å². The van der Waals surface area contributed by atoms with E-state index in [2.05, 4.69) is 0 Å². The fourth-order valence-corrected chi connectivity index (χ4v) is 2.00. The lowest BCUT2D eigenvalue weighted by Gasteiger charge is -2.31. The molecule has 18 heavy (non-hydrogen) atoms. The van der Waals surface area contributed by atoms with Gasteiger partial charge in [0, 0.05) is 11.6 Å². The Morgan fingerprint density at radius 1 is 1.56 bits per heavy atom. The summed E-state index contributed by atoms with van der Waals surface area (Å²) in [6.45, 7) is 1.77. The van der Waals surface area contributed by atoms with Crippen LogP contribution in [0, 0.1) is 12.8 Å². The Balaban J connectivity index is 2.33. The van der Waals surface area contributed by atoms with Crippen molar-refractivity contribution in [1.82, 2.24) is 0 Å². The molecule has 1 aliphatic rings. The molecule has 1 aliphatic heterocycles. The number of carbonyl (C=O) groups is 2. The maximum atomic E-state index is 11.7. The highest BCUT2D eigenvalue weighted by molar-refractivity contribution is 6.31. The van der Waals surface area contributed by atoms with Gasteiger partial charge in [0.05, 0.1) is 5.69 Å². The monoisotopic (exact) mass is 269 g/mol. The predicted molar refractivity (Wildman–Crippen MR) is 66.0 cm³/mol. The lowest BCUT2D eigenvalue weighted by molar-refractivity contribution is -0.143. The number of carboxylic acids is 1. The molecule has 1 N–H and O–H groups in total. The number of hydrogen-bond donors (Lipinski definition) is 1. The van der Waals surface area contributed by atoms with Gasteiger partial charge in [-0.2, -0.15) is 0 Å². The van der Waals surface area contributed by atoms with Crippen LogP contribution in [0.5, 0.6) is 0 Å². The lowest BCUT2D eigenvalue weighted by atomic mass is 10.1. The fourth-order valence-electron chi connectivity index (χ4n) is 1.83. The number of benzene rings is 1. The van der Waals surface area contributed by atoms with Crippen LogP contribution in [0.4, 0.5) is 10.5 Å². The number of carbonyl (C=O) groups excluding carboxylic acids is 1. The molecule has 6 heteroatoms. The summed E-state index contributed by atoms with van der Waals surface area (Å²) in [7, 11) is 0. The van der Waals surface area contributed by atoms with E-state index >= 15 is 0 Å². The highest BCUT2D eigenvalue weighted by atomic mass is 35.5. The minimum atomic E-state index is -0.979. The first-order valence-electron chi connectivity index (χ1n) is 5.43. The summed E-state index contributed by atoms with van der Waals surface area (Å²) in [5.74, 6) is -1.70. The summed E-state index contributed by atoms with van der Waals surface area (Å²) in [4.78, 5) is 23.9. The molecule has 1 aromatic carbocycles. The number of anilines is 1. The van der Waals surface area contributed by atoms with Crippen molar-refractivity contribution < 1.29 is 19.4 Å². The van der Waals surface area contributed by atoms with Crippen LogP contribution in [0.1, 0.15) is 5.56 Å². The van der Waals surface area contributed by atoms with Crippen LogP contribution in [0.15, 0.2) is 18.2 Å². The van der Waals surface area contributed by atoms with Gasteiger partial charge < -0.3 is 9.84 Å². The van der Waals surface area contributed by atoms with Gasteiger partial charge in [0.2, 0.25) is 0 Å². The fraction of sp³-hybridized carbons (Fsp3) is 0.333. The topological polar surface area (TPSA) is 66.8 Å². The Morgan fingerprint density at radius 3 is 2.94 bits per heavy atom. The molecule has 1 unspecified atom stereocenters. The average molecular weight is 270 g/mol. The summed E-state index contributed by atoms with van der Waals surface area (Å²) in [5, 5.41) is 9.49. The van der Waals surface area contributed by atoms with E-state index in [0.717, 1.165) is 5.56 Å². The number of amides is 1. The molecule has 1 atom stereocenters. The zero-order valence-electron chi connectivity index (χ0n) is 9.72. The maximum absolute atomic E-state index is 11.7. The van der Waals surface area contributed by atoms with Crippen molar-refractivity contribution >= 4 is 29.4 Å². The average Bonchev–Trinajstić information content (AvgIpc) is 2.33. The van der Waals surface area contributed by atoms with Crippen molar-refractivity contribution in [3.63, 3.8) is 0 Å². The third-order valence-corrected chi connectivity index (χ3v) is 3.32. The second-order valence-corrected chi connectivity index (χ2v) is 4.51. The third-order valence-electron chi connectivity index (χ3n) is 2.91. The van der Waals surface area contributed by atoms with Gasteiger partial charge in [-0.15, -0.1) is 0 Å². The second-order valence-electron chi connectivity index (χ2n) is 4.11. The molecule has 0 saturated carbocycles. The third kappa shape index (κ3) is 2.26. The zero-order valence-corrected chi connectivity index (χ0v) is 10.5. The first kappa shape index (κ1) is 12.7. The number of nitrogens with zero attached hydrogens (tertiary/aromatic N) is 1. The zero-order chi connectivity index (χ0) is 13.3. The Bertz CT molecular complexity index is 503. The summed E-state index contributed by atoms with van der Waals surface area (Å²) >= 11 is 5.98. The molecule has 1 heterocycles. The van der Waals surface area contributed by atoms with Crippen molar-refractivity contribution in [2.45, 2.75) is 6.92 Å². The standard InChI is InChI=1S/C12H12ClNO4/c1-7-9(13)3-2-4-10(7)14-5-8(11(15)16)6-18-12(14)17/h2-4,8H,5-6H2,1H3,(H,15,16). The van der Waals surface area contributed by atoms with Crippen molar-refractivity contribution in [2.75, 3.05) is 18.1 Å². The van der Waals surface area contributed by atoms with E-state index in [4.69, 9.17) is 21.4 Å². The number of rotatable bonds is 2. The molecule has 1 saturated heterocycles. The van der Waals surface area contributed by atoms with Crippen LogP contribution in [0.25, 0.3) is 0 Å². The van der Waals surface area contributed by atoms with E-state index in [1.54, 1.807) is 25.1 Å². The molecule has 96 valence electrons. The van der Waals surface area contributed by atoms with E-state index in [9.17, 15) is 9.59 Å². The molecule has 1 fully saturated rings. The molecule has 1 amide bonds. The Labute approximate surface area is 109 Å². The van der Waals surface area contributed by atoms with Gasteiger partial charge in [0.15, 0.2) is 0 Å². The number of ether oxygens (including phenoxy) is 1. The van der Waals surface area contributed by atoms with Crippen molar-refractivity contribution in [3.8, 4) is 0 Å². The van der Waals surface area contributed by atoms with Gasteiger partial charge in [-0.3, -0.25) is 9.69 Å². The minimum absolute atomic E-state index is 0.0926. The minimum Gasteiger partial charge on any atom is -0.481 e. The van der Waals surface area contributed by atoms with E-state index in [-0.39, 0.29) is 13.2 Å². The number of carboxylic acid groups (broad SMARTS) is 1. The van der Waals surface area contributed by atoms with E-state index in [0.29, 0.717) is 10.7 Å². The normalized spacial score (nSPS) is 19.6. The largest absolute Gasteiger partial charge is 0.481 e. The summed E-state index contributed by atoms with van der Waals surface area (Å²) in [5.41, 5.74) is 1.31. The highest BCUT2D eigenvalue weighted by Crippen LogP contribution is 2.29. The molecule has 1 aromatic rings. The molecular formula is C12H12ClNO4. The molecule has 0 aliphatic carbocycles. The SMILES string of the molecule is Cc1c(Cl)cccc1N1CC(C(=O)O)COC1=O. The van der Waals surface area contributed by atoms with Crippen molar-refractivity contribution in [1.29, 1.82) is 0 Å². The molecular weight excluding hydrogens is 258 g/mol. The Morgan fingerprint density at radius 2 is 2.28 bits per heavy atom. The van der Waals surface area contributed by atoms with Crippen LogP contribution in [0.3, 0.4) is 0 Å². The van der Waals surface area contributed by atoms with Crippen LogP contribution in [-0.2, 0) is 9.53 Å². The Hall–Kier alpha value is -1.75. The van der Waals surface area contributed by atoms with Gasteiger partial charge in [0.1, 0.15) is 12.5 Å². The smallest absolute Gasteiger partial charge is 0.414 e. The van der Waals surface area contributed by atoms with Gasteiger partial charge >= 0.3 is 12.1 Å². The first-order chi connectivity index (χ1) is 8.50. The van der Waals surface area contributed by atoms with Crippen molar-refractivity contribution in [3.05, 3.63) is 28.8 Å². The lowest BCUT2D eigenvalue weighted by Crippen LogP contribution is -2.46. The summed E-state index contributed by atoms with van der Waals surface area (Å²) in [6.07, 6.45) is -0.544. The predicted octanol–water partition coefficient (Wildman–Crippen LogP) is 2.31. The van der Waals surface area contributed by atoms with Gasteiger partial charge in [-0.25, -0.2) is 4.79 Å². The van der Waals surface area contributed by atoms with Gasteiger partial charge in [0.25, 0.3) is 0 Å². The van der Waals surface area contributed by atoms with E-state index < -0.39 is 18.0 Å². The van der Waals surface area contributed by atoms with Crippen molar-refractivity contribution in [2.24, 2.45) is 5.92 Å². The highest BCUT2D eigenvalue weighted by Gasteiger charge is 2.33. The van der Waals surface area contributed by atoms with Gasteiger partial charge in [-0.1, -0.05) is 17.7 Å². The second kappa shape index (κ2) is 4.86. The number of aliphatic carboxylic acids is 1. The Kier molecular flexibility index (Phi) is 3.43. The maximum Gasteiger partial charge on any atom is 0.414 e. The summed E-state index contributed by atoms with van der Waals surface area (Å²) < 4.78 is 4.88.